The molecule has 2 aromatic rings. The number of ether oxygens (including phenoxy) is 2. The lowest BCUT2D eigenvalue weighted by Crippen LogP contribution is -2.22. The minimum absolute atomic E-state index is 0.252. The zero-order valence-corrected chi connectivity index (χ0v) is 17.9. The Hall–Kier alpha value is -2.93. The second-order valence-electron chi connectivity index (χ2n) is 7.27. The highest BCUT2D eigenvalue weighted by atomic mass is 32.1. The lowest BCUT2D eigenvalue weighted by molar-refractivity contribution is -0.142. The molecule has 0 saturated heterocycles. The number of thiophene rings is 1. The summed E-state index contributed by atoms with van der Waals surface area (Å²) in [6.07, 6.45) is 6.39. The molecule has 1 amide bonds. The van der Waals surface area contributed by atoms with Crippen LogP contribution in [0.15, 0.2) is 36.4 Å². The van der Waals surface area contributed by atoms with Crippen molar-refractivity contribution in [1.29, 1.82) is 0 Å². The third-order valence-corrected chi connectivity index (χ3v) is 5.74. The average Bonchev–Trinajstić information content (AvgIpc) is 3.08. The molecule has 30 heavy (non-hydrogen) atoms. The van der Waals surface area contributed by atoms with Crippen molar-refractivity contribution in [2.45, 2.75) is 45.6 Å². The molecule has 1 N–H and O–H groups in total. The van der Waals surface area contributed by atoms with Crippen molar-refractivity contribution in [2.24, 2.45) is 0 Å². The van der Waals surface area contributed by atoms with E-state index in [4.69, 9.17) is 9.47 Å². The summed E-state index contributed by atoms with van der Waals surface area (Å²) in [5.41, 5.74) is 2.26. The minimum atomic E-state index is -0.612. The number of aryl methyl sites for hydroxylation is 1. The number of carbonyl (C=O) groups excluding carboxylic acids is 3. The second-order valence-corrected chi connectivity index (χ2v) is 8.37. The highest BCUT2D eigenvalue weighted by molar-refractivity contribution is 7.17. The van der Waals surface area contributed by atoms with E-state index in [1.165, 1.54) is 17.4 Å². The molecule has 0 fully saturated rings. The van der Waals surface area contributed by atoms with Crippen molar-refractivity contribution in [2.75, 3.05) is 11.9 Å². The van der Waals surface area contributed by atoms with Gasteiger partial charge in [-0.05, 0) is 56.7 Å². The fourth-order valence-electron chi connectivity index (χ4n) is 3.22. The molecule has 0 unspecified atom stereocenters. The number of amides is 1. The predicted molar refractivity (Wildman–Crippen MR) is 117 cm³/mol. The molecule has 0 radical (unpaired) electrons. The molecular weight excluding hydrogens is 402 g/mol. The van der Waals surface area contributed by atoms with Gasteiger partial charge in [-0.2, -0.15) is 0 Å². The summed E-state index contributed by atoms with van der Waals surface area (Å²) in [4.78, 5) is 37.9. The first kappa shape index (κ1) is 21.8. The van der Waals surface area contributed by atoms with Crippen molar-refractivity contribution in [3.8, 4) is 0 Å². The van der Waals surface area contributed by atoms with Crippen LogP contribution in [0.2, 0.25) is 0 Å². The van der Waals surface area contributed by atoms with Crippen LogP contribution in [0.3, 0.4) is 0 Å². The monoisotopic (exact) mass is 427 g/mol. The van der Waals surface area contributed by atoms with E-state index >= 15 is 0 Å². The predicted octanol–water partition coefficient (Wildman–Crippen LogP) is 4.39. The maximum absolute atomic E-state index is 12.6. The molecule has 158 valence electrons. The van der Waals surface area contributed by atoms with Gasteiger partial charge in [-0.1, -0.05) is 30.3 Å². The highest BCUT2D eigenvalue weighted by Gasteiger charge is 2.28. The number of benzene rings is 1. The smallest absolute Gasteiger partial charge is 0.341 e. The molecule has 0 spiro atoms. The Morgan fingerprint density at radius 2 is 1.87 bits per heavy atom. The van der Waals surface area contributed by atoms with E-state index in [-0.39, 0.29) is 6.10 Å². The van der Waals surface area contributed by atoms with Gasteiger partial charge in [0.15, 0.2) is 6.61 Å². The van der Waals surface area contributed by atoms with Crippen LogP contribution >= 0.6 is 11.3 Å². The fraction of sp³-hybridized carbons (Fsp3) is 0.348. The third-order valence-electron chi connectivity index (χ3n) is 4.53. The molecular formula is C23H25NO5S. The van der Waals surface area contributed by atoms with E-state index < -0.39 is 24.5 Å². The van der Waals surface area contributed by atoms with Crippen molar-refractivity contribution in [3.63, 3.8) is 0 Å². The number of nitrogens with one attached hydrogen (secondary N) is 1. The number of carbonyl (C=O) groups is 3. The van der Waals surface area contributed by atoms with Crippen LogP contribution in [0.25, 0.3) is 6.08 Å². The Kier molecular flexibility index (Phi) is 7.41. The van der Waals surface area contributed by atoms with E-state index in [1.807, 2.05) is 30.3 Å². The zero-order valence-electron chi connectivity index (χ0n) is 17.1. The van der Waals surface area contributed by atoms with Gasteiger partial charge in [-0.3, -0.25) is 4.79 Å². The first-order valence-corrected chi connectivity index (χ1v) is 10.8. The second kappa shape index (κ2) is 10.2. The summed E-state index contributed by atoms with van der Waals surface area (Å²) in [7, 11) is 0. The Balaban J connectivity index is 1.63. The van der Waals surface area contributed by atoms with Gasteiger partial charge in [-0.15, -0.1) is 11.3 Å². The summed E-state index contributed by atoms with van der Waals surface area (Å²) >= 11 is 1.40. The number of hydrogen-bond donors (Lipinski definition) is 1. The van der Waals surface area contributed by atoms with Gasteiger partial charge in [0.05, 0.1) is 11.7 Å². The van der Waals surface area contributed by atoms with Crippen LogP contribution in [-0.2, 0) is 31.9 Å². The molecule has 1 heterocycles. The number of rotatable bonds is 7. The summed E-state index contributed by atoms with van der Waals surface area (Å²) in [6, 6.07) is 9.31. The number of esters is 2. The number of hydrogen-bond acceptors (Lipinski definition) is 6. The Labute approximate surface area is 179 Å². The number of fused-ring (bicyclic) bond motifs is 1. The lowest BCUT2D eigenvalue weighted by Gasteiger charge is -2.14. The molecule has 0 bridgehead atoms. The van der Waals surface area contributed by atoms with E-state index in [2.05, 4.69) is 5.32 Å². The largest absolute Gasteiger partial charge is 0.459 e. The van der Waals surface area contributed by atoms with E-state index in [0.29, 0.717) is 10.6 Å². The SMILES string of the molecule is CC(C)OC(=O)c1c(NC(=O)COC(=O)/C=C/c2ccccc2)sc2c1CCCC2. The van der Waals surface area contributed by atoms with Crippen molar-refractivity contribution in [3.05, 3.63) is 58.0 Å². The normalized spacial score (nSPS) is 13.2. The first-order chi connectivity index (χ1) is 14.4. The maximum Gasteiger partial charge on any atom is 0.341 e. The molecule has 1 aliphatic carbocycles. The lowest BCUT2D eigenvalue weighted by atomic mass is 9.95. The Morgan fingerprint density at radius 3 is 2.60 bits per heavy atom. The van der Waals surface area contributed by atoms with Crippen LogP contribution in [0.4, 0.5) is 5.00 Å². The highest BCUT2D eigenvalue weighted by Crippen LogP contribution is 2.38. The van der Waals surface area contributed by atoms with Crippen molar-refractivity contribution in [1.82, 2.24) is 0 Å². The average molecular weight is 428 g/mol. The molecule has 0 aliphatic heterocycles. The molecule has 3 rings (SSSR count). The van der Waals surface area contributed by atoms with E-state index in [1.54, 1.807) is 19.9 Å². The minimum Gasteiger partial charge on any atom is -0.459 e. The molecule has 1 aromatic carbocycles. The van der Waals surface area contributed by atoms with Crippen LogP contribution < -0.4 is 5.32 Å². The topological polar surface area (TPSA) is 81.7 Å². The van der Waals surface area contributed by atoms with Gasteiger partial charge in [0, 0.05) is 11.0 Å². The fourth-order valence-corrected chi connectivity index (χ4v) is 4.51. The van der Waals surface area contributed by atoms with Crippen LogP contribution in [0, 0.1) is 0 Å². The molecule has 1 aliphatic rings. The Bertz CT molecular complexity index is 946. The van der Waals surface area contributed by atoms with Gasteiger partial charge in [-0.25, -0.2) is 9.59 Å². The van der Waals surface area contributed by atoms with E-state index in [9.17, 15) is 14.4 Å². The van der Waals surface area contributed by atoms with Gasteiger partial charge in [0.1, 0.15) is 5.00 Å². The molecule has 1 aromatic heterocycles. The van der Waals surface area contributed by atoms with Crippen molar-refractivity contribution >= 4 is 40.3 Å². The maximum atomic E-state index is 12.6. The molecule has 0 saturated carbocycles. The van der Waals surface area contributed by atoms with Gasteiger partial charge in [0.25, 0.3) is 5.91 Å². The van der Waals surface area contributed by atoms with Gasteiger partial charge in [0.2, 0.25) is 0 Å². The number of anilines is 1. The first-order valence-electron chi connectivity index (χ1n) is 9.99. The quantitative estimate of drug-likeness (QED) is 0.524. The summed E-state index contributed by atoms with van der Waals surface area (Å²) in [5, 5.41) is 3.19. The molecule has 0 atom stereocenters. The van der Waals surface area contributed by atoms with Crippen LogP contribution in [-0.4, -0.2) is 30.6 Å². The zero-order chi connectivity index (χ0) is 21.5. The third kappa shape index (κ3) is 5.79. The molecule has 6 nitrogen and oxygen atoms in total. The van der Waals surface area contributed by atoms with Crippen LogP contribution in [0.5, 0.6) is 0 Å². The van der Waals surface area contributed by atoms with Gasteiger partial charge >= 0.3 is 11.9 Å². The van der Waals surface area contributed by atoms with E-state index in [0.717, 1.165) is 41.7 Å². The summed E-state index contributed by atoms with van der Waals surface area (Å²) in [5.74, 6) is -1.53. The van der Waals surface area contributed by atoms with Crippen LogP contribution in [0.1, 0.15) is 53.1 Å². The summed E-state index contributed by atoms with van der Waals surface area (Å²) in [6.45, 7) is 3.15. The molecule has 7 heteroatoms. The van der Waals surface area contributed by atoms with Gasteiger partial charge < -0.3 is 14.8 Å². The standard InChI is InChI=1S/C23H25NO5S/c1-15(2)29-23(27)21-17-10-6-7-11-18(17)30-22(21)24-19(25)14-28-20(26)13-12-16-8-4-3-5-9-16/h3-5,8-9,12-13,15H,6-7,10-11,14H2,1-2H3,(H,24,25)/b13-12+. The Morgan fingerprint density at radius 1 is 1.13 bits per heavy atom. The van der Waals surface area contributed by atoms with Crippen molar-refractivity contribution < 1.29 is 23.9 Å². The summed E-state index contributed by atoms with van der Waals surface area (Å²) < 4.78 is 10.4.